The van der Waals surface area contributed by atoms with E-state index in [-0.39, 0.29) is 18.2 Å². The first-order valence-electron chi connectivity index (χ1n) is 10.2. The second kappa shape index (κ2) is 8.21. The number of carbonyl (C=O) groups is 2. The molecule has 0 aliphatic carbocycles. The van der Waals surface area contributed by atoms with Gasteiger partial charge in [0.1, 0.15) is 0 Å². The first kappa shape index (κ1) is 20.6. The van der Waals surface area contributed by atoms with E-state index in [9.17, 15) is 19.2 Å². The fraction of sp³-hybridized carbons (Fsp3) is 0.381. The molecule has 0 spiro atoms. The number of aryl methyl sites for hydroxylation is 2. The minimum absolute atomic E-state index is 0.0969. The van der Waals surface area contributed by atoms with Crippen LogP contribution in [0.1, 0.15) is 25.7 Å². The van der Waals surface area contributed by atoms with Gasteiger partial charge in [-0.2, -0.15) is 0 Å². The molecule has 1 aromatic carbocycles. The molecular formula is C21H24N6O4. The Morgan fingerprint density at radius 1 is 1.16 bits per heavy atom. The first-order chi connectivity index (χ1) is 14.9. The number of amides is 2. The van der Waals surface area contributed by atoms with Crippen LogP contribution < -0.4 is 21.5 Å². The first-order valence-corrected chi connectivity index (χ1v) is 10.2. The van der Waals surface area contributed by atoms with Gasteiger partial charge in [-0.25, -0.2) is 9.78 Å². The lowest BCUT2D eigenvalue weighted by molar-refractivity contribution is -0.117. The van der Waals surface area contributed by atoms with E-state index >= 15 is 0 Å². The molecule has 0 bridgehead atoms. The normalized spacial score (nSPS) is 13.9. The molecule has 3 heterocycles. The van der Waals surface area contributed by atoms with Crippen LogP contribution in [0, 0.1) is 0 Å². The van der Waals surface area contributed by atoms with Gasteiger partial charge in [0.05, 0.1) is 6.33 Å². The van der Waals surface area contributed by atoms with Crippen molar-refractivity contribution in [3.8, 4) is 0 Å². The predicted molar refractivity (Wildman–Crippen MR) is 116 cm³/mol. The number of hydrogen-bond acceptors (Lipinski definition) is 5. The molecule has 1 saturated heterocycles. The van der Waals surface area contributed by atoms with Gasteiger partial charge < -0.3 is 14.8 Å². The van der Waals surface area contributed by atoms with Crippen LogP contribution in [0.15, 0.2) is 40.2 Å². The number of benzene rings is 1. The van der Waals surface area contributed by atoms with Crippen LogP contribution in [0.5, 0.6) is 0 Å². The topological polar surface area (TPSA) is 111 Å². The van der Waals surface area contributed by atoms with Gasteiger partial charge in [-0.1, -0.05) is 6.07 Å². The molecule has 2 aromatic heterocycles. The van der Waals surface area contributed by atoms with Crippen LogP contribution >= 0.6 is 0 Å². The second-order valence-corrected chi connectivity index (χ2v) is 7.67. The maximum atomic E-state index is 12.5. The van der Waals surface area contributed by atoms with Crippen LogP contribution in [-0.2, 0) is 30.2 Å². The lowest BCUT2D eigenvalue weighted by Crippen LogP contribution is -2.37. The molecule has 4 rings (SSSR count). The zero-order valence-corrected chi connectivity index (χ0v) is 17.5. The van der Waals surface area contributed by atoms with Crippen molar-refractivity contribution in [2.45, 2.75) is 32.2 Å². The number of nitrogens with zero attached hydrogens (tertiary/aromatic N) is 5. The molecule has 0 radical (unpaired) electrons. The second-order valence-electron chi connectivity index (χ2n) is 7.67. The van der Waals surface area contributed by atoms with E-state index in [0.29, 0.717) is 42.8 Å². The van der Waals surface area contributed by atoms with Crippen molar-refractivity contribution in [3.05, 3.63) is 51.4 Å². The third-order valence-electron chi connectivity index (χ3n) is 5.54. The molecule has 162 valence electrons. The minimum atomic E-state index is -0.431. The van der Waals surface area contributed by atoms with E-state index in [4.69, 9.17) is 0 Å². The number of fused-ring (bicyclic) bond motifs is 1. The zero-order chi connectivity index (χ0) is 22.1. The van der Waals surface area contributed by atoms with Crippen LogP contribution in [0.25, 0.3) is 11.2 Å². The lowest BCUT2D eigenvalue weighted by atomic mass is 10.2. The lowest BCUT2D eigenvalue weighted by Gasteiger charge is -2.16. The number of aromatic nitrogens is 4. The average Bonchev–Trinajstić information content (AvgIpc) is 3.37. The van der Waals surface area contributed by atoms with E-state index in [1.807, 2.05) is 12.1 Å². The van der Waals surface area contributed by atoms with Crippen LogP contribution in [-0.4, -0.2) is 37.0 Å². The smallest absolute Gasteiger partial charge is 0.326 e. The summed E-state index contributed by atoms with van der Waals surface area (Å²) in [4.78, 5) is 54.7. The van der Waals surface area contributed by atoms with Crippen molar-refractivity contribution in [1.29, 1.82) is 0 Å². The molecule has 31 heavy (non-hydrogen) atoms. The largest absolute Gasteiger partial charge is 0.332 e. The van der Waals surface area contributed by atoms with Crippen LogP contribution in [0.2, 0.25) is 0 Å². The summed E-state index contributed by atoms with van der Waals surface area (Å²) in [7, 11) is 3.00. The van der Waals surface area contributed by atoms with Gasteiger partial charge in [0.15, 0.2) is 11.2 Å². The van der Waals surface area contributed by atoms with Crippen molar-refractivity contribution in [3.63, 3.8) is 0 Å². The number of anilines is 2. The zero-order valence-electron chi connectivity index (χ0n) is 17.5. The maximum Gasteiger partial charge on any atom is 0.332 e. The van der Waals surface area contributed by atoms with Gasteiger partial charge in [0, 0.05) is 51.4 Å². The van der Waals surface area contributed by atoms with Gasteiger partial charge >= 0.3 is 5.69 Å². The Hall–Kier alpha value is -3.69. The quantitative estimate of drug-likeness (QED) is 0.634. The van der Waals surface area contributed by atoms with Crippen molar-refractivity contribution >= 4 is 34.4 Å². The molecule has 10 nitrogen and oxygen atoms in total. The van der Waals surface area contributed by atoms with Gasteiger partial charge in [-0.05, 0) is 31.0 Å². The fourth-order valence-electron chi connectivity index (χ4n) is 3.87. The van der Waals surface area contributed by atoms with E-state index in [1.54, 1.807) is 28.6 Å². The molecule has 10 heteroatoms. The summed E-state index contributed by atoms with van der Waals surface area (Å²) in [6.45, 7) is 1.11. The van der Waals surface area contributed by atoms with Gasteiger partial charge in [-0.15, -0.1) is 0 Å². The Kier molecular flexibility index (Phi) is 5.45. The summed E-state index contributed by atoms with van der Waals surface area (Å²) in [5, 5.41) is 2.86. The molecule has 0 unspecified atom stereocenters. The molecule has 0 atom stereocenters. The molecule has 3 aromatic rings. The molecule has 2 amide bonds. The standard InChI is InChI=1S/C21H24N6O4/c1-24-19-18(20(30)25(2)21(24)31)26(13-22-19)10-4-8-16(28)23-14-6-3-7-15(12-14)27-11-5-9-17(27)29/h3,6-7,12-13H,4-5,8-11H2,1-2H3,(H,23,28). The summed E-state index contributed by atoms with van der Waals surface area (Å²) in [6, 6.07) is 7.26. The van der Waals surface area contributed by atoms with Crippen molar-refractivity contribution in [1.82, 2.24) is 18.7 Å². The molecular weight excluding hydrogens is 400 g/mol. The van der Waals surface area contributed by atoms with Crippen molar-refractivity contribution in [2.75, 3.05) is 16.8 Å². The highest BCUT2D eigenvalue weighted by molar-refractivity contribution is 5.97. The van der Waals surface area contributed by atoms with Gasteiger partial charge in [0.2, 0.25) is 11.8 Å². The van der Waals surface area contributed by atoms with Crippen LogP contribution in [0.4, 0.5) is 11.4 Å². The summed E-state index contributed by atoms with van der Waals surface area (Å²) < 4.78 is 4.05. The van der Waals surface area contributed by atoms with Crippen LogP contribution in [0.3, 0.4) is 0 Å². The number of hydrogen-bond donors (Lipinski definition) is 1. The van der Waals surface area contributed by atoms with E-state index < -0.39 is 11.2 Å². The van der Waals surface area contributed by atoms with Gasteiger partial charge in [-0.3, -0.25) is 23.5 Å². The Morgan fingerprint density at radius 2 is 1.97 bits per heavy atom. The Bertz CT molecular complexity index is 1290. The number of imidazole rings is 1. The number of carbonyl (C=O) groups excluding carboxylic acids is 2. The van der Waals surface area contributed by atoms with Crippen molar-refractivity contribution in [2.24, 2.45) is 14.1 Å². The van der Waals surface area contributed by atoms with E-state index in [2.05, 4.69) is 10.3 Å². The Labute approximate surface area is 177 Å². The molecule has 0 saturated carbocycles. The minimum Gasteiger partial charge on any atom is -0.326 e. The monoisotopic (exact) mass is 424 g/mol. The molecule has 1 aliphatic heterocycles. The highest BCUT2D eigenvalue weighted by atomic mass is 16.2. The average molecular weight is 424 g/mol. The summed E-state index contributed by atoms with van der Waals surface area (Å²) in [5.41, 5.74) is 1.25. The SMILES string of the molecule is Cn1c(=O)c2c(ncn2CCCC(=O)Nc2cccc(N3CCCC3=O)c2)n(C)c1=O. The highest BCUT2D eigenvalue weighted by Crippen LogP contribution is 2.24. The van der Waals surface area contributed by atoms with E-state index in [0.717, 1.165) is 16.7 Å². The maximum absolute atomic E-state index is 12.5. The highest BCUT2D eigenvalue weighted by Gasteiger charge is 2.21. The Morgan fingerprint density at radius 3 is 2.71 bits per heavy atom. The summed E-state index contributed by atoms with van der Waals surface area (Å²) >= 11 is 0. The van der Waals surface area contributed by atoms with Crippen molar-refractivity contribution < 1.29 is 9.59 Å². The predicted octanol–water partition coefficient (Wildman–Crippen LogP) is 0.979. The summed E-state index contributed by atoms with van der Waals surface area (Å²) in [6.07, 6.45) is 3.65. The third kappa shape index (κ3) is 3.88. The summed E-state index contributed by atoms with van der Waals surface area (Å²) in [5.74, 6) is -0.0608. The number of rotatable bonds is 6. The van der Waals surface area contributed by atoms with Gasteiger partial charge in [0.25, 0.3) is 5.56 Å². The molecule has 1 aliphatic rings. The molecule has 1 fully saturated rings. The Balaban J connectivity index is 1.40. The molecule has 1 N–H and O–H groups in total. The third-order valence-corrected chi connectivity index (χ3v) is 5.54. The van der Waals surface area contributed by atoms with E-state index in [1.165, 1.54) is 17.9 Å². The fourth-order valence-corrected chi connectivity index (χ4v) is 3.87. The number of nitrogens with one attached hydrogen (secondary N) is 1.